The van der Waals surface area contributed by atoms with Crippen molar-refractivity contribution < 1.29 is 24.5 Å². The van der Waals surface area contributed by atoms with Gasteiger partial charge in [-0.15, -0.1) is 0 Å². The maximum absolute atomic E-state index is 12.3. The van der Waals surface area contributed by atoms with E-state index in [1.165, 1.54) is 0 Å². The van der Waals surface area contributed by atoms with Gasteiger partial charge in [0.2, 0.25) is 0 Å². The average Bonchev–Trinajstić information content (AvgIpc) is 2.45. The van der Waals surface area contributed by atoms with Crippen LogP contribution >= 0.6 is 0 Å². The number of fused-ring (bicyclic) bond motifs is 1. The van der Waals surface area contributed by atoms with E-state index in [-0.39, 0.29) is 0 Å². The molecule has 3 unspecified atom stereocenters. The highest BCUT2D eigenvalue weighted by molar-refractivity contribution is 6.09. The van der Waals surface area contributed by atoms with E-state index in [9.17, 15) is 19.8 Å². The lowest BCUT2D eigenvalue weighted by Gasteiger charge is -2.61. The Bertz CT molecular complexity index is 772. The van der Waals surface area contributed by atoms with Crippen LogP contribution in [0.15, 0.2) is 29.3 Å². The van der Waals surface area contributed by atoms with Gasteiger partial charge in [-0.1, -0.05) is 24.3 Å². The normalized spacial score (nSPS) is 40.3. The van der Waals surface area contributed by atoms with Crippen molar-refractivity contribution in [2.45, 2.75) is 38.0 Å². The molecule has 1 aromatic carbocycles. The van der Waals surface area contributed by atoms with E-state index in [0.717, 1.165) is 11.1 Å². The van der Waals surface area contributed by atoms with Gasteiger partial charge in [0.15, 0.2) is 5.72 Å². The molecule has 6 heteroatoms. The van der Waals surface area contributed by atoms with Gasteiger partial charge in [-0.05, 0) is 25.0 Å². The predicted octanol–water partition coefficient (Wildman–Crippen LogP) is 1.69. The molecule has 2 N–H and O–H groups in total. The second kappa shape index (κ2) is 4.20. The molecule has 6 nitrogen and oxygen atoms in total. The number of aliphatic carboxylic acids is 2. The molecule has 1 saturated heterocycles. The molecule has 1 aromatic rings. The van der Waals surface area contributed by atoms with Crippen LogP contribution in [0.3, 0.4) is 0 Å². The smallest absolute Gasteiger partial charge is 0.318 e. The summed E-state index contributed by atoms with van der Waals surface area (Å²) < 4.78 is 5.96. The summed E-state index contributed by atoms with van der Waals surface area (Å²) >= 11 is 0. The molecule has 0 amide bonds. The predicted molar refractivity (Wildman–Crippen MR) is 80.5 cm³/mol. The van der Waals surface area contributed by atoms with Crippen molar-refractivity contribution in [3.63, 3.8) is 0 Å². The molecular formula is C17H17NO5. The first-order chi connectivity index (χ1) is 10.8. The Labute approximate surface area is 132 Å². The van der Waals surface area contributed by atoms with E-state index < -0.39 is 41.0 Å². The van der Waals surface area contributed by atoms with Gasteiger partial charge in [0, 0.05) is 18.1 Å². The monoisotopic (exact) mass is 315 g/mol. The Morgan fingerprint density at radius 1 is 1.30 bits per heavy atom. The van der Waals surface area contributed by atoms with E-state index in [1.54, 1.807) is 13.8 Å². The zero-order valence-electron chi connectivity index (χ0n) is 12.8. The molecular weight excluding hydrogens is 298 g/mol. The van der Waals surface area contributed by atoms with Gasteiger partial charge in [0.25, 0.3) is 0 Å². The zero-order valence-corrected chi connectivity index (χ0v) is 12.8. The van der Waals surface area contributed by atoms with E-state index in [2.05, 4.69) is 4.99 Å². The van der Waals surface area contributed by atoms with Crippen LogP contribution in [0.25, 0.3) is 0 Å². The summed E-state index contributed by atoms with van der Waals surface area (Å²) in [6.45, 7) is 3.33. The molecule has 0 saturated carbocycles. The highest BCUT2D eigenvalue weighted by atomic mass is 16.5. The maximum atomic E-state index is 12.3. The van der Waals surface area contributed by atoms with Crippen LogP contribution in [-0.2, 0) is 20.7 Å². The minimum atomic E-state index is -1.41. The summed E-state index contributed by atoms with van der Waals surface area (Å²) in [7, 11) is 0. The molecule has 3 heterocycles. The van der Waals surface area contributed by atoms with Crippen molar-refractivity contribution >= 4 is 17.7 Å². The number of carbonyl (C=O) groups is 2. The lowest BCUT2D eigenvalue weighted by Crippen LogP contribution is -2.71. The molecule has 5 rings (SSSR count). The minimum Gasteiger partial charge on any atom is -0.481 e. The number of rotatable bonds is 2. The fourth-order valence-corrected chi connectivity index (χ4v) is 4.85. The first-order valence-electron chi connectivity index (χ1n) is 7.61. The molecule has 4 aliphatic rings. The number of carboxylic acid groups (broad SMARTS) is 2. The molecule has 0 spiro atoms. The zero-order chi connectivity index (χ0) is 16.6. The summed E-state index contributed by atoms with van der Waals surface area (Å²) in [6.07, 6.45) is -0.147. The first kappa shape index (κ1) is 14.4. The van der Waals surface area contributed by atoms with Gasteiger partial charge in [0.1, 0.15) is 11.3 Å². The Hall–Kier alpha value is -2.21. The lowest BCUT2D eigenvalue weighted by atomic mass is 9.51. The lowest BCUT2D eigenvalue weighted by molar-refractivity contribution is -0.228. The van der Waals surface area contributed by atoms with Crippen LogP contribution in [-0.4, -0.2) is 39.7 Å². The summed E-state index contributed by atoms with van der Waals surface area (Å²) in [5.41, 5.74) is -0.420. The second-order valence-electron chi connectivity index (χ2n) is 6.73. The second-order valence-corrected chi connectivity index (χ2v) is 6.73. The Morgan fingerprint density at radius 3 is 2.65 bits per heavy atom. The minimum absolute atomic E-state index is 0.452. The highest BCUT2D eigenvalue weighted by Gasteiger charge is 2.72. The fraction of sp³-hybridized carbons (Fsp3) is 0.471. The topological polar surface area (TPSA) is 96.2 Å². The highest BCUT2D eigenvalue weighted by Crippen LogP contribution is 2.62. The van der Waals surface area contributed by atoms with Crippen LogP contribution < -0.4 is 0 Å². The Balaban J connectivity index is 2.09. The molecule has 4 bridgehead atoms. The number of nitrogens with zero attached hydrogens (tertiary/aromatic N) is 1. The molecule has 0 aromatic heterocycles. The van der Waals surface area contributed by atoms with E-state index in [0.29, 0.717) is 12.1 Å². The third-order valence-corrected chi connectivity index (χ3v) is 5.69. The van der Waals surface area contributed by atoms with Crippen LogP contribution in [0.2, 0.25) is 0 Å². The molecule has 23 heavy (non-hydrogen) atoms. The average molecular weight is 315 g/mol. The summed E-state index contributed by atoms with van der Waals surface area (Å²) in [6, 6.07) is 7.46. The number of benzene rings is 1. The van der Waals surface area contributed by atoms with E-state index in [4.69, 9.17) is 4.74 Å². The van der Waals surface area contributed by atoms with Gasteiger partial charge < -0.3 is 14.9 Å². The number of ether oxygens (including phenoxy) is 1. The number of hydrogen-bond acceptors (Lipinski definition) is 4. The van der Waals surface area contributed by atoms with Crippen molar-refractivity contribution in [3.05, 3.63) is 35.4 Å². The van der Waals surface area contributed by atoms with E-state index in [1.807, 2.05) is 24.3 Å². The van der Waals surface area contributed by atoms with Crippen LogP contribution in [0, 0.1) is 11.3 Å². The first-order valence-corrected chi connectivity index (χ1v) is 7.61. The van der Waals surface area contributed by atoms with Crippen molar-refractivity contribution in [2.24, 2.45) is 16.3 Å². The van der Waals surface area contributed by atoms with Gasteiger partial charge in [0.05, 0.1) is 6.10 Å². The summed E-state index contributed by atoms with van der Waals surface area (Å²) in [5.74, 6) is -3.84. The largest absolute Gasteiger partial charge is 0.481 e. The van der Waals surface area contributed by atoms with Gasteiger partial charge in [-0.3, -0.25) is 14.6 Å². The number of hydrogen-bond donors (Lipinski definition) is 2. The van der Waals surface area contributed by atoms with Crippen molar-refractivity contribution in [1.82, 2.24) is 0 Å². The third kappa shape index (κ3) is 1.49. The number of aliphatic imine (C=N–C) groups is 1. The van der Waals surface area contributed by atoms with Gasteiger partial charge >= 0.3 is 11.9 Å². The quantitative estimate of drug-likeness (QED) is 0.865. The van der Waals surface area contributed by atoms with Crippen LogP contribution in [0.1, 0.15) is 30.9 Å². The standard InChI is InChI=1S/C17H17NO5/c1-8-17(15(21)22)11-7-9-5-3-4-6-10(9)12(17)13(14(19)20)16(2,18-8)23-11/h3-6,11-13H,7H2,1-2H3,(H,19,20)(H,21,22)/t11?,12?,13?,16-,17+/m0/s1. The molecule has 3 aliphatic heterocycles. The Kier molecular flexibility index (Phi) is 2.63. The Morgan fingerprint density at radius 2 is 2.00 bits per heavy atom. The SMILES string of the molecule is CC1=N[C@@]2(C)OC3Cc4ccccc4C(C2C(=O)O)[C@@]13C(=O)O. The molecule has 5 atom stereocenters. The van der Waals surface area contributed by atoms with Crippen LogP contribution in [0.4, 0.5) is 0 Å². The van der Waals surface area contributed by atoms with E-state index >= 15 is 0 Å². The van der Waals surface area contributed by atoms with Crippen molar-refractivity contribution in [3.8, 4) is 0 Å². The van der Waals surface area contributed by atoms with Gasteiger partial charge in [-0.25, -0.2) is 0 Å². The molecule has 120 valence electrons. The summed E-state index contributed by atoms with van der Waals surface area (Å²) in [4.78, 5) is 28.6. The van der Waals surface area contributed by atoms with Crippen molar-refractivity contribution in [1.29, 1.82) is 0 Å². The number of carboxylic acids is 2. The molecule has 1 fully saturated rings. The fourth-order valence-electron chi connectivity index (χ4n) is 4.85. The molecule has 0 radical (unpaired) electrons. The van der Waals surface area contributed by atoms with Gasteiger partial charge in [-0.2, -0.15) is 0 Å². The maximum Gasteiger partial charge on any atom is 0.318 e. The van der Waals surface area contributed by atoms with Crippen molar-refractivity contribution in [2.75, 3.05) is 0 Å². The molecule has 1 aliphatic carbocycles. The third-order valence-electron chi connectivity index (χ3n) is 5.69. The summed E-state index contributed by atoms with van der Waals surface area (Å²) in [5, 5.41) is 19.8. The van der Waals surface area contributed by atoms with Crippen LogP contribution in [0.5, 0.6) is 0 Å².